The van der Waals surface area contributed by atoms with E-state index in [9.17, 15) is 0 Å². The Kier molecular flexibility index (Phi) is 4.49. The number of rotatable bonds is 6. The summed E-state index contributed by atoms with van der Waals surface area (Å²) in [4.78, 5) is 12.8. The molecule has 1 aromatic carbocycles. The molecule has 0 saturated heterocycles. The van der Waals surface area contributed by atoms with Gasteiger partial charge in [0.1, 0.15) is 12.4 Å². The third-order valence-corrected chi connectivity index (χ3v) is 3.10. The summed E-state index contributed by atoms with van der Waals surface area (Å²) < 4.78 is 10.6. The van der Waals surface area contributed by atoms with Gasteiger partial charge in [0, 0.05) is 12.8 Å². The van der Waals surface area contributed by atoms with Gasteiger partial charge in [0.05, 0.1) is 12.1 Å². The van der Waals surface area contributed by atoms with Crippen LogP contribution in [-0.4, -0.2) is 35.3 Å². The minimum absolute atomic E-state index is 0.149. The monoisotopic (exact) mass is 311 g/mol. The van der Waals surface area contributed by atoms with Crippen molar-refractivity contribution in [3.63, 3.8) is 0 Å². The zero-order valence-corrected chi connectivity index (χ0v) is 12.7. The van der Waals surface area contributed by atoms with Crippen molar-refractivity contribution in [2.75, 3.05) is 31.4 Å². The van der Waals surface area contributed by atoms with Crippen LogP contribution in [0.5, 0.6) is 5.88 Å². The van der Waals surface area contributed by atoms with Gasteiger partial charge in [-0.25, -0.2) is 9.97 Å². The summed E-state index contributed by atoms with van der Waals surface area (Å²) in [6, 6.07) is 13.4. The number of nitrogens with one attached hydrogen (secondary N) is 1. The lowest BCUT2D eigenvalue weighted by molar-refractivity contribution is 0.144. The predicted octanol–water partition coefficient (Wildman–Crippen LogP) is 2.38. The molecule has 3 aromatic rings. The number of methoxy groups -OCH3 is 1. The first kappa shape index (κ1) is 15.0. The number of pyridine rings is 1. The highest BCUT2D eigenvalue weighted by atomic mass is 16.5. The number of aromatic nitrogens is 3. The van der Waals surface area contributed by atoms with Crippen LogP contribution >= 0.6 is 0 Å². The zero-order chi connectivity index (χ0) is 16.1. The lowest BCUT2D eigenvalue weighted by Gasteiger charge is -2.10. The molecule has 3 N–H and O–H groups in total. The first-order valence-corrected chi connectivity index (χ1v) is 7.14. The Hall–Kier alpha value is -2.93. The highest BCUT2D eigenvalue weighted by Gasteiger charge is 2.10. The maximum atomic E-state index is 5.71. The minimum atomic E-state index is 0.149. The number of nitrogen functional groups attached to an aromatic ring is 1. The number of hydrogen-bond acceptors (Lipinski definition) is 7. The Labute approximate surface area is 133 Å². The number of benzene rings is 1. The molecular weight excluding hydrogens is 294 g/mol. The summed E-state index contributed by atoms with van der Waals surface area (Å²) in [6.45, 7) is 0.813. The van der Waals surface area contributed by atoms with E-state index >= 15 is 0 Å². The molecule has 118 valence electrons. The van der Waals surface area contributed by atoms with Crippen LogP contribution in [0, 0.1) is 0 Å². The summed E-state index contributed by atoms with van der Waals surface area (Å²) in [7, 11) is 1.61. The van der Waals surface area contributed by atoms with Crippen LogP contribution in [0.15, 0.2) is 42.5 Å². The summed E-state index contributed by atoms with van der Waals surface area (Å²) >= 11 is 0. The Morgan fingerprint density at radius 1 is 1.00 bits per heavy atom. The van der Waals surface area contributed by atoms with Gasteiger partial charge in [-0.15, -0.1) is 0 Å². The van der Waals surface area contributed by atoms with E-state index in [1.807, 2.05) is 42.5 Å². The average Bonchev–Trinajstić information content (AvgIpc) is 2.56. The van der Waals surface area contributed by atoms with Crippen molar-refractivity contribution in [3.8, 4) is 5.88 Å². The summed E-state index contributed by atoms with van der Waals surface area (Å²) in [5.41, 5.74) is 7.84. The van der Waals surface area contributed by atoms with Crippen LogP contribution in [0.25, 0.3) is 11.0 Å². The number of nitrogens with two attached hydrogens (primary N) is 1. The average molecular weight is 311 g/mol. The number of nitrogens with zero attached hydrogens (tertiary/aromatic N) is 3. The largest absolute Gasteiger partial charge is 0.474 e. The van der Waals surface area contributed by atoms with Gasteiger partial charge in [0.25, 0.3) is 0 Å². The molecule has 0 aliphatic rings. The van der Waals surface area contributed by atoms with Crippen LogP contribution < -0.4 is 15.8 Å². The van der Waals surface area contributed by atoms with E-state index in [-0.39, 0.29) is 5.95 Å². The van der Waals surface area contributed by atoms with Crippen LogP contribution in [-0.2, 0) is 4.74 Å². The maximum Gasteiger partial charge on any atom is 0.245 e. The van der Waals surface area contributed by atoms with E-state index in [2.05, 4.69) is 20.3 Å². The minimum Gasteiger partial charge on any atom is -0.474 e. The van der Waals surface area contributed by atoms with E-state index in [1.54, 1.807) is 7.11 Å². The van der Waals surface area contributed by atoms with Crippen LogP contribution in [0.1, 0.15) is 0 Å². The van der Waals surface area contributed by atoms with Gasteiger partial charge < -0.3 is 20.5 Å². The summed E-state index contributed by atoms with van der Waals surface area (Å²) in [5, 5.41) is 3.23. The molecule has 0 amide bonds. The fourth-order valence-corrected chi connectivity index (χ4v) is 2.07. The molecule has 3 rings (SSSR count). The second-order valence-corrected chi connectivity index (χ2v) is 4.78. The first-order chi connectivity index (χ1) is 11.3. The van der Waals surface area contributed by atoms with Crippen molar-refractivity contribution in [1.29, 1.82) is 0 Å². The van der Waals surface area contributed by atoms with Gasteiger partial charge in [-0.05, 0) is 24.3 Å². The molecule has 2 aromatic heterocycles. The zero-order valence-electron chi connectivity index (χ0n) is 12.7. The Morgan fingerprint density at radius 2 is 1.83 bits per heavy atom. The van der Waals surface area contributed by atoms with E-state index < -0.39 is 0 Å². The van der Waals surface area contributed by atoms with Gasteiger partial charge in [0.15, 0.2) is 5.52 Å². The molecule has 0 saturated carbocycles. The Morgan fingerprint density at radius 3 is 2.61 bits per heavy atom. The SMILES string of the molecule is COCCOc1nc(N)nc2ccc(Nc3ccccc3)nc12. The predicted molar refractivity (Wildman–Crippen MR) is 88.8 cm³/mol. The molecule has 0 unspecified atom stereocenters. The first-order valence-electron chi connectivity index (χ1n) is 7.14. The Balaban J connectivity index is 1.93. The molecule has 0 aliphatic heterocycles. The third-order valence-electron chi connectivity index (χ3n) is 3.10. The third kappa shape index (κ3) is 3.64. The topological polar surface area (TPSA) is 95.2 Å². The van der Waals surface area contributed by atoms with Crippen molar-refractivity contribution < 1.29 is 9.47 Å². The number of para-hydroxylation sites is 1. The number of fused-ring (bicyclic) bond motifs is 1. The van der Waals surface area contributed by atoms with Crippen LogP contribution in [0.4, 0.5) is 17.5 Å². The molecule has 0 radical (unpaired) electrons. The fourth-order valence-electron chi connectivity index (χ4n) is 2.07. The van der Waals surface area contributed by atoms with Gasteiger partial charge in [0.2, 0.25) is 11.8 Å². The van der Waals surface area contributed by atoms with Crippen molar-refractivity contribution in [2.45, 2.75) is 0 Å². The molecule has 7 nitrogen and oxygen atoms in total. The molecule has 0 aliphatic carbocycles. The number of ether oxygens (including phenoxy) is 2. The highest BCUT2D eigenvalue weighted by molar-refractivity contribution is 5.82. The second kappa shape index (κ2) is 6.89. The molecule has 0 bridgehead atoms. The van der Waals surface area contributed by atoms with Gasteiger partial charge in [-0.3, -0.25) is 0 Å². The maximum absolute atomic E-state index is 5.71. The lowest BCUT2D eigenvalue weighted by Crippen LogP contribution is -2.08. The van der Waals surface area contributed by atoms with E-state index in [0.717, 1.165) is 5.69 Å². The number of hydrogen-bond donors (Lipinski definition) is 2. The molecular formula is C16H17N5O2. The van der Waals surface area contributed by atoms with E-state index in [0.29, 0.717) is 35.9 Å². The van der Waals surface area contributed by atoms with Crippen LogP contribution in [0.3, 0.4) is 0 Å². The standard InChI is InChI=1S/C16H17N5O2/c1-22-9-10-23-15-14-12(19-16(17)21-15)7-8-13(20-14)18-11-5-3-2-4-6-11/h2-8H,9-10H2,1H3,(H,18,20)(H2,17,19,21). The fraction of sp³-hybridized carbons (Fsp3) is 0.188. The smallest absolute Gasteiger partial charge is 0.245 e. The summed E-state index contributed by atoms with van der Waals surface area (Å²) in [6.07, 6.45) is 0. The molecule has 0 atom stereocenters. The van der Waals surface area contributed by atoms with Crippen molar-refractivity contribution >= 4 is 28.5 Å². The van der Waals surface area contributed by atoms with Crippen molar-refractivity contribution in [1.82, 2.24) is 15.0 Å². The molecule has 2 heterocycles. The van der Waals surface area contributed by atoms with E-state index in [1.165, 1.54) is 0 Å². The van der Waals surface area contributed by atoms with Crippen LogP contribution in [0.2, 0.25) is 0 Å². The summed E-state index contributed by atoms with van der Waals surface area (Å²) in [5.74, 6) is 1.17. The van der Waals surface area contributed by atoms with Crippen molar-refractivity contribution in [3.05, 3.63) is 42.5 Å². The van der Waals surface area contributed by atoms with Gasteiger partial charge in [-0.1, -0.05) is 18.2 Å². The Bertz CT molecular complexity index is 795. The quantitative estimate of drug-likeness (QED) is 0.675. The van der Waals surface area contributed by atoms with Crippen molar-refractivity contribution in [2.24, 2.45) is 0 Å². The molecule has 7 heteroatoms. The molecule has 0 spiro atoms. The molecule has 0 fully saturated rings. The lowest BCUT2D eigenvalue weighted by atomic mass is 10.3. The van der Waals surface area contributed by atoms with E-state index in [4.69, 9.17) is 15.2 Å². The van der Waals surface area contributed by atoms with Gasteiger partial charge >= 0.3 is 0 Å². The number of anilines is 3. The second-order valence-electron chi connectivity index (χ2n) is 4.78. The normalized spacial score (nSPS) is 10.7. The van der Waals surface area contributed by atoms with Gasteiger partial charge in [-0.2, -0.15) is 4.98 Å². The molecule has 23 heavy (non-hydrogen) atoms. The highest BCUT2D eigenvalue weighted by Crippen LogP contribution is 2.24.